The van der Waals surface area contributed by atoms with Crippen molar-refractivity contribution in [3.8, 4) is 5.75 Å². The largest absolute Gasteiger partial charge is 0.488 e. The second-order valence-corrected chi connectivity index (χ2v) is 13.1. The summed E-state index contributed by atoms with van der Waals surface area (Å²) in [7, 11) is 1.60. The summed E-state index contributed by atoms with van der Waals surface area (Å²) >= 11 is 0. The normalized spacial score (nSPS) is 26.0. The molecule has 1 N–H and O–H groups in total. The fourth-order valence-corrected chi connectivity index (χ4v) is 7.80. The molecule has 0 bridgehead atoms. The van der Waals surface area contributed by atoms with Crippen molar-refractivity contribution in [2.45, 2.75) is 63.5 Å². The molecule has 3 fully saturated rings. The van der Waals surface area contributed by atoms with Crippen LogP contribution in [0.3, 0.4) is 0 Å². The first-order valence-electron chi connectivity index (χ1n) is 16.4. The van der Waals surface area contributed by atoms with E-state index in [1.807, 2.05) is 23.1 Å². The number of nitrogens with zero attached hydrogens (tertiary/aromatic N) is 3. The number of nitrogens with one attached hydrogen (secondary N) is 1. The Bertz CT molecular complexity index is 1520. The van der Waals surface area contributed by atoms with Crippen LogP contribution < -0.4 is 10.1 Å². The minimum absolute atomic E-state index is 0.0141. The van der Waals surface area contributed by atoms with Gasteiger partial charge in [0.25, 0.3) is 11.8 Å². The van der Waals surface area contributed by atoms with Gasteiger partial charge in [-0.2, -0.15) is 0 Å². The Hall–Kier alpha value is -4.21. The first kappa shape index (κ1) is 29.5. The fourth-order valence-electron chi connectivity index (χ4n) is 7.80. The fraction of sp³-hybridized carbons (Fsp3) is 0.514. The summed E-state index contributed by atoms with van der Waals surface area (Å²) in [6.45, 7) is 1.56. The van der Waals surface area contributed by atoms with Crippen LogP contribution in [0.2, 0.25) is 0 Å². The van der Waals surface area contributed by atoms with Gasteiger partial charge < -0.3 is 19.9 Å². The number of carbonyl (C=O) groups excluding carboxylic acids is 5. The molecule has 0 radical (unpaired) electrons. The molecule has 2 saturated carbocycles. The lowest BCUT2D eigenvalue weighted by molar-refractivity contribution is -0.146. The predicted molar refractivity (Wildman–Crippen MR) is 164 cm³/mol. The van der Waals surface area contributed by atoms with E-state index in [-0.39, 0.29) is 48.1 Å². The maximum Gasteiger partial charge on any atom is 0.261 e. The number of benzene rings is 2. The zero-order valence-electron chi connectivity index (χ0n) is 25.7. The van der Waals surface area contributed by atoms with Crippen molar-refractivity contribution in [3.63, 3.8) is 0 Å². The van der Waals surface area contributed by atoms with Crippen molar-refractivity contribution >= 4 is 29.5 Å². The smallest absolute Gasteiger partial charge is 0.261 e. The van der Waals surface area contributed by atoms with Crippen molar-refractivity contribution < 1.29 is 28.7 Å². The monoisotopic (exact) mass is 612 g/mol. The number of hydrogen-bond donors (Lipinski definition) is 1. The van der Waals surface area contributed by atoms with Gasteiger partial charge in [-0.25, -0.2) is 0 Å². The second kappa shape index (κ2) is 11.9. The van der Waals surface area contributed by atoms with Gasteiger partial charge in [0.15, 0.2) is 0 Å². The lowest BCUT2D eigenvalue weighted by Gasteiger charge is -2.43. The molecule has 3 aliphatic heterocycles. The van der Waals surface area contributed by atoms with Crippen molar-refractivity contribution in [1.29, 1.82) is 0 Å². The number of imide groups is 1. The molecule has 0 unspecified atom stereocenters. The summed E-state index contributed by atoms with van der Waals surface area (Å²) in [5, 5.41) is 2.75. The lowest BCUT2D eigenvalue weighted by Crippen LogP contribution is -2.51. The van der Waals surface area contributed by atoms with Gasteiger partial charge in [-0.3, -0.25) is 28.9 Å². The second-order valence-electron chi connectivity index (χ2n) is 13.1. The van der Waals surface area contributed by atoms with Crippen LogP contribution >= 0.6 is 0 Å². The van der Waals surface area contributed by atoms with Crippen molar-refractivity contribution in [2.75, 3.05) is 33.2 Å². The molecule has 5 amide bonds. The van der Waals surface area contributed by atoms with Gasteiger partial charge in [0.2, 0.25) is 17.7 Å². The third kappa shape index (κ3) is 5.38. The highest BCUT2D eigenvalue weighted by molar-refractivity contribution is 6.21. The van der Waals surface area contributed by atoms with Gasteiger partial charge in [0, 0.05) is 49.9 Å². The summed E-state index contributed by atoms with van der Waals surface area (Å²) in [5.41, 5.74) is 2.53. The Morgan fingerprint density at radius 1 is 0.844 bits per heavy atom. The summed E-state index contributed by atoms with van der Waals surface area (Å²) < 4.78 is 6.63. The van der Waals surface area contributed by atoms with Gasteiger partial charge in [-0.15, -0.1) is 0 Å². The quantitative estimate of drug-likeness (QED) is 0.480. The Kier molecular flexibility index (Phi) is 7.83. The molecular formula is C35H40N4O6. The van der Waals surface area contributed by atoms with Crippen LogP contribution in [0.25, 0.3) is 0 Å². The molecule has 0 aromatic heterocycles. The van der Waals surface area contributed by atoms with Crippen LogP contribution in [0, 0.1) is 17.8 Å². The minimum Gasteiger partial charge on any atom is -0.488 e. The molecule has 1 saturated heterocycles. The Morgan fingerprint density at radius 2 is 1.56 bits per heavy atom. The molecule has 2 aromatic rings. The summed E-state index contributed by atoms with van der Waals surface area (Å²) in [5.74, 6) is -0.926. The van der Waals surface area contributed by atoms with E-state index in [1.54, 1.807) is 36.2 Å². The van der Waals surface area contributed by atoms with Gasteiger partial charge in [0.1, 0.15) is 11.9 Å². The summed E-state index contributed by atoms with van der Waals surface area (Å²) in [4.78, 5) is 72.1. The third-order valence-electron chi connectivity index (χ3n) is 10.3. The van der Waals surface area contributed by atoms with Gasteiger partial charge >= 0.3 is 0 Å². The number of hydrogen-bond acceptors (Lipinski definition) is 6. The molecule has 10 heteroatoms. The van der Waals surface area contributed by atoms with E-state index < -0.39 is 17.9 Å². The van der Waals surface area contributed by atoms with Crippen molar-refractivity contribution in [3.05, 3.63) is 64.7 Å². The molecule has 10 nitrogen and oxygen atoms in total. The number of fused-ring (bicyclic) bond motifs is 2. The molecule has 7 rings (SSSR count). The van der Waals surface area contributed by atoms with E-state index in [0.717, 1.165) is 36.8 Å². The highest BCUT2D eigenvalue weighted by atomic mass is 16.5. The number of ether oxygens (including phenoxy) is 1. The minimum atomic E-state index is -0.641. The number of rotatable bonds is 7. The van der Waals surface area contributed by atoms with E-state index >= 15 is 0 Å². The number of likely N-dealkylation sites (tertiary alicyclic amines) is 1. The van der Waals surface area contributed by atoms with Gasteiger partial charge in [-0.1, -0.05) is 37.1 Å². The number of carbonyl (C=O) groups is 5. The molecule has 236 valence electrons. The lowest BCUT2D eigenvalue weighted by atomic mass is 9.77. The molecule has 3 heterocycles. The van der Waals surface area contributed by atoms with Crippen molar-refractivity contribution in [1.82, 2.24) is 20.0 Å². The van der Waals surface area contributed by atoms with Crippen LogP contribution in [0.1, 0.15) is 82.8 Å². The molecule has 0 spiro atoms. The third-order valence-corrected chi connectivity index (χ3v) is 10.3. The molecule has 5 aliphatic rings. The van der Waals surface area contributed by atoms with Crippen LogP contribution in [-0.2, 0) is 20.8 Å². The predicted octanol–water partition coefficient (Wildman–Crippen LogP) is 3.35. The van der Waals surface area contributed by atoms with Gasteiger partial charge in [-0.05, 0) is 55.9 Å². The summed E-state index contributed by atoms with van der Waals surface area (Å²) in [6.07, 6.45) is 6.04. The van der Waals surface area contributed by atoms with Crippen LogP contribution in [0.5, 0.6) is 5.75 Å². The average molecular weight is 613 g/mol. The first-order valence-corrected chi connectivity index (χ1v) is 16.4. The topological polar surface area (TPSA) is 116 Å². The number of amides is 5. The van der Waals surface area contributed by atoms with E-state index in [1.165, 1.54) is 4.90 Å². The molecule has 4 atom stereocenters. The van der Waals surface area contributed by atoms with Crippen LogP contribution in [0.4, 0.5) is 0 Å². The standard InChI is InChI=1S/C35H40N4O6/c1-36-31(40)24-8-2-3-9-25(24)33(42)38-18-15-21-7-6-12-29(45-23-16-17-37(19-23)32(41)22-13-14-22)30(21)28(38)20-39-34(43)26-10-4-5-11-27(26)35(39)44/h4-7,10-12,22-25,28H,2-3,8-9,13-20H2,1H3,(H,36,40)/t23-,24-,25+,28+/m0/s1. The van der Waals surface area contributed by atoms with Crippen molar-refractivity contribution in [2.24, 2.45) is 17.8 Å². The molecule has 2 aliphatic carbocycles. The van der Waals surface area contributed by atoms with E-state index in [0.29, 0.717) is 62.2 Å². The highest BCUT2D eigenvalue weighted by Gasteiger charge is 2.45. The zero-order valence-corrected chi connectivity index (χ0v) is 25.7. The van der Waals surface area contributed by atoms with Crippen LogP contribution in [0.15, 0.2) is 42.5 Å². The maximum absolute atomic E-state index is 14.5. The highest BCUT2D eigenvalue weighted by Crippen LogP contribution is 2.42. The maximum atomic E-state index is 14.5. The Morgan fingerprint density at radius 3 is 2.24 bits per heavy atom. The zero-order chi connectivity index (χ0) is 31.2. The van der Waals surface area contributed by atoms with Crippen LogP contribution in [-0.4, -0.2) is 83.6 Å². The van der Waals surface area contributed by atoms with E-state index in [9.17, 15) is 24.0 Å². The van der Waals surface area contributed by atoms with E-state index in [2.05, 4.69) is 5.32 Å². The molecule has 2 aromatic carbocycles. The summed E-state index contributed by atoms with van der Waals surface area (Å²) in [6, 6.07) is 12.0. The van der Waals surface area contributed by atoms with E-state index in [4.69, 9.17) is 4.74 Å². The SMILES string of the molecule is CNC(=O)[C@H]1CCCC[C@H]1C(=O)N1CCc2cccc(O[C@H]3CCN(C(=O)C4CC4)C3)c2[C@H]1CN1C(=O)c2ccccc2C1=O. The molecular weight excluding hydrogens is 572 g/mol. The van der Waals surface area contributed by atoms with Gasteiger partial charge in [0.05, 0.1) is 30.3 Å². The molecule has 45 heavy (non-hydrogen) atoms. The Balaban J connectivity index is 1.22. The Labute approximate surface area is 263 Å². The first-order chi connectivity index (χ1) is 21.9. The average Bonchev–Trinajstić information content (AvgIpc) is 3.78.